The molecule has 5 aromatic rings. The van der Waals surface area contributed by atoms with E-state index in [1.807, 2.05) is 54.0 Å². The van der Waals surface area contributed by atoms with Gasteiger partial charge in [0.2, 0.25) is 0 Å². The van der Waals surface area contributed by atoms with Gasteiger partial charge >= 0.3 is 0 Å². The van der Waals surface area contributed by atoms with Gasteiger partial charge in [-0.1, -0.05) is 36.4 Å². The van der Waals surface area contributed by atoms with Gasteiger partial charge in [0, 0.05) is 6.20 Å². The van der Waals surface area contributed by atoms with Crippen molar-refractivity contribution in [3.63, 3.8) is 0 Å². The molecule has 0 spiro atoms. The number of rotatable bonds is 5. The van der Waals surface area contributed by atoms with Gasteiger partial charge in [-0.25, -0.2) is 15.0 Å². The summed E-state index contributed by atoms with van der Waals surface area (Å²) in [5.41, 5.74) is 2.86. The standard InChI is InChI=1S/C21H16N6S/c1-2-6-14(7-3-1)17-12-23-18(25-17)13-24-19-15-9-11-28-21(15)27-20(26-19)16-8-4-5-10-22-16/h1-12H,13H2,(H,23,25)(H,24,26,27). The molecule has 7 heteroatoms. The number of hydrogen-bond donors (Lipinski definition) is 2. The lowest BCUT2D eigenvalue weighted by Gasteiger charge is -2.07. The quantitative estimate of drug-likeness (QED) is 0.457. The van der Waals surface area contributed by atoms with Gasteiger partial charge < -0.3 is 10.3 Å². The highest BCUT2D eigenvalue weighted by Gasteiger charge is 2.12. The van der Waals surface area contributed by atoms with Crippen molar-refractivity contribution in [2.75, 3.05) is 5.32 Å². The lowest BCUT2D eigenvalue weighted by molar-refractivity contribution is 0.989. The van der Waals surface area contributed by atoms with Crippen molar-refractivity contribution in [2.45, 2.75) is 6.54 Å². The Balaban J connectivity index is 1.42. The van der Waals surface area contributed by atoms with Crippen molar-refractivity contribution in [2.24, 2.45) is 0 Å². The summed E-state index contributed by atoms with van der Waals surface area (Å²) in [6.07, 6.45) is 3.60. The topological polar surface area (TPSA) is 79.4 Å². The number of hydrogen-bond acceptors (Lipinski definition) is 6. The van der Waals surface area contributed by atoms with Gasteiger partial charge in [-0.3, -0.25) is 4.98 Å². The molecule has 28 heavy (non-hydrogen) atoms. The van der Waals surface area contributed by atoms with Crippen LogP contribution >= 0.6 is 11.3 Å². The number of nitrogens with one attached hydrogen (secondary N) is 2. The van der Waals surface area contributed by atoms with Crippen molar-refractivity contribution in [1.82, 2.24) is 24.9 Å². The van der Waals surface area contributed by atoms with Gasteiger partial charge in [0.15, 0.2) is 5.82 Å². The Labute approximate surface area is 165 Å². The van der Waals surface area contributed by atoms with Crippen LogP contribution in [0.5, 0.6) is 0 Å². The molecule has 136 valence electrons. The van der Waals surface area contributed by atoms with Crippen molar-refractivity contribution in [1.29, 1.82) is 0 Å². The Kier molecular flexibility index (Phi) is 4.27. The number of nitrogens with zero attached hydrogens (tertiary/aromatic N) is 4. The molecule has 0 unspecified atom stereocenters. The van der Waals surface area contributed by atoms with E-state index < -0.39 is 0 Å². The molecule has 0 aliphatic carbocycles. The Morgan fingerprint density at radius 3 is 2.68 bits per heavy atom. The highest BCUT2D eigenvalue weighted by Crippen LogP contribution is 2.28. The number of thiophene rings is 1. The van der Waals surface area contributed by atoms with Gasteiger partial charge in [0.05, 0.1) is 23.8 Å². The molecule has 0 saturated carbocycles. The minimum Gasteiger partial charge on any atom is -0.362 e. The van der Waals surface area contributed by atoms with E-state index in [1.54, 1.807) is 17.5 Å². The second-order valence-corrected chi connectivity index (χ2v) is 7.11. The molecule has 4 aromatic heterocycles. The molecule has 4 heterocycles. The number of imidazole rings is 1. The van der Waals surface area contributed by atoms with Crippen LogP contribution in [0.2, 0.25) is 0 Å². The molecule has 0 atom stereocenters. The monoisotopic (exact) mass is 384 g/mol. The van der Waals surface area contributed by atoms with E-state index in [0.29, 0.717) is 12.4 Å². The van der Waals surface area contributed by atoms with Gasteiger partial charge in [0.25, 0.3) is 0 Å². The third-order valence-corrected chi connectivity index (χ3v) is 5.16. The highest BCUT2D eigenvalue weighted by molar-refractivity contribution is 7.16. The minimum atomic E-state index is 0.538. The molecule has 0 amide bonds. The first-order chi connectivity index (χ1) is 13.9. The smallest absolute Gasteiger partial charge is 0.181 e. The largest absolute Gasteiger partial charge is 0.362 e. The zero-order valence-electron chi connectivity index (χ0n) is 14.8. The Morgan fingerprint density at radius 1 is 0.929 bits per heavy atom. The van der Waals surface area contributed by atoms with Gasteiger partial charge in [0.1, 0.15) is 22.2 Å². The second-order valence-electron chi connectivity index (χ2n) is 6.21. The van der Waals surface area contributed by atoms with Gasteiger partial charge in [-0.15, -0.1) is 11.3 Å². The average molecular weight is 384 g/mol. The number of fused-ring (bicyclic) bond motifs is 1. The van der Waals surface area contributed by atoms with Crippen LogP contribution in [0.25, 0.3) is 33.0 Å². The summed E-state index contributed by atoms with van der Waals surface area (Å²) in [4.78, 5) is 22.5. The molecule has 0 aliphatic heterocycles. The average Bonchev–Trinajstić information content (AvgIpc) is 3.43. The zero-order valence-corrected chi connectivity index (χ0v) is 15.6. The van der Waals surface area contributed by atoms with E-state index in [9.17, 15) is 0 Å². The maximum atomic E-state index is 4.70. The van der Waals surface area contributed by atoms with Crippen LogP contribution in [0.4, 0.5) is 5.82 Å². The van der Waals surface area contributed by atoms with Crippen LogP contribution in [-0.4, -0.2) is 24.9 Å². The zero-order chi connectivity index (χ0) is 18.8. The molecular weight excluding hydrogens is 368 g/mol. The van der Waals surface area contributed by atoms with Crippen LogP contribution in [0.3, 0.4) is 0 Å². The Morgan fingerprint density at radius 2 is 1.82 bits per heavy atom. The van der Waals surface area contributed by atoms with E-state index in [-0.39, 0.29) is 0 Å². The molecule has 0 bridgehead atoms. The number of H-pyrrole nitrogens is 1. The molecule has 0 saturated heterocycles. The molecule has 6 nitrogen and oxygen atoms in total. The van der Waals surface area contributed by atoms with Crippen LogP contribution in [0.1, 0.15) is 5.82 Å². The molecular formula is C21H16N6S. The fraction of sp³-hybridized carbons (Fsp3) is 0.0476. The molecule has 1 aromatic carbocycles. The van der Waals surface area contributed by atoms with Gasteiger partial charge in [-0.05, 0) is 29.1 Å². The van der Waals surface area contributed by atoms with E-state index in [0.717, 1.165) is 38.8 Å². The SMILES string of the molecule is c1ccc(-c2cnc(CNc3nc(-c4ccccn4)nc4sccc34)[nH]2)cc1. The predicted molar refractivity (Wildman–Crippen MR) is 112 cm³/mol. The van der Waals surface area contributed by atoms with E-state index >= 15 is 0 Å². The van der Waals surface area contributed by atoms with Crippen molar-refractivity contribution >= 4 is 27.4 Å². The molecule has 2 N–H and O–H groups in total. The molecule has 0 fully saturated rings. The summed E-state index contributed by atoms with van der Waals surface area (Å²) in [5, 5.41) is 6.42. The number of aromatic nitrogens is 5. The number of benzene rings is 1. The first-order valence-corrected chi connectivity index (χ1v) is 9.74. The van der Waals surface area contributed by atoms with Crippen LogP contribution in [-0.2, 0) is 6.54 Å². The summed E-state index contributed by atoms with van der Waals surface area (Å²) < 4.78 is 0. The number of anilines is 1. The second kappa shape index (κ2) is 7.21. The van der Waals surface area contributed by atoms with Crippen LogP contribution in [0, 0.1) is 0 Å². The maximum Gasteiger partial charge on any atom is 0.181 e. The van der Waals surface area contributed by atoms with E-state index in [2.05, 4.69) is 37.4 Å². The lowest BCUT2D eigenvalue weighted by Crippen LogP contribution is -2.05. The van der Waals surface area contributed by atoms with Crippen LogP contribution in [0.15, 0.2) is 72.4 Å². The summed E-state index contributed by atoms with van der Waals surface area (Å²) in [5.74, 6) is 2.24. The Hall–Kier alpha value is -3.58. The van der Waals surface area contributed by atoms with Crippen LogP contribution < -0.4 is 5.32 Å². The summed E-state index contributed by atoms with van der Waals surface area (Å²) in [6.45, 7) is 0.538. The fourth-order valence-electron chi connectivity index (χ4n) is 2.98. The molecule has 5 rings (SSSR count). The van der Waals surface area contributed by atoms with E-state index in [4.69, 9.17) is 4.98 Å². The summed E-state index contributed by atoms with van der Waals surface area (Å²) in [7, 11) is 0. The first-order valence-electron chi connectivity index (χ1n) is 8.87. The number of pyridine rings is 1. The normalized spacial score (nSPS) is 11.0. The lowest BCUT2D eigenvalue weighted by atomic mass is 10.2. The first kappa shape index (κ1) is 16.6. The Bertz CT molecular complexity index is 1210. The van der Waals surface area contributed by atoms with Gasteiger partial charge in [-0.2, -0.15) is 0 Å². The molecule has 0 aliphatic rings. The maximum absolute atomic E-state index is 4.70. The van der Waals surface area contributed by atoms with E-state index in [1.165, 1.54) is 0 Å². The minimum absolute atomic E-state index is 0.538. The highest BCUT2D eigenvalue weighted by atomic mass is 32.1. The van der Waals surface area contributed by atoms with Crippen molar-refractivity contribution < 1.29 is 0 Å². The third-order valence-electron chi connectivity index (χ3n) is 4.36. The fourth-order valence-corrected chi connectivity index (χ4v) is 3.75. The van der Waals surface area contributed by atoms with Crippen molar-refractivity contribution in [3.8, 4) is 22.8 Å². The predicted octanol–water partition coefficient (Wildman–Crippen LogP) is 4.76. The molecule has 0 radical (unpaired) electrons. The summed E-state index contributed by atoms with van der Waals surface area (Å²) >= 11 is 1.59. The summed E-state index contributed by atoms with van der Waals surface area (Å²) in [6, 6.07) is 17.9. The number of aromatic amines is 1. The third kappa shape index (κ3) is 3.23. The van der Waals surface area contributed by atoms with Crippen molar-refractivity contribution in [3.05, 3.63) is 78.2 Å².